The summed E-state index contributed by atoms with van der Waals surface area (Å²) in [5, 5.41) is 23.2. The molecule has 0 bridgehead atoms. The van der Waals surface area contributed by atoms with Crippen molar-refractivity contribution in [3.05, 3.63) is 53.1 Å². The molecule has 2 aromatic carbocycles. The Labute approximate surface area is 199 Å². The van der Waals surface area contributed by atoms with E-state index in [4.69, 9.17) is 14.2 Å². The molecular formula is C26H32N4O4. The van der Waals surface area contributed by atoms with Crippen LogP contribution in [-0.2, 0) is 13.0 Å². The maximum Gasteiger partial charge on any atom is 0.258 e. The van der Waals surface area contributed by atoms with Crippen LogP contribution in [0, 0.1) is 0 Å². The quantitative estimate of drug-likeness (QED) is 0.417. The Hall–Kier alpha value is -3.07. The van der Waals surface area contributed by atoms with E-state index in [0.29, 0.717) is 31.3 Å². The van der Waals surface area contributed by atoms with Gasteiger partial charge >= 0.3 is 0 Å². The Kier molecular flexibility index (Phi) is 7.72. The molecule has 3 aromatic rings. The van der Waals surface area contributed by atoms with Gasteiger partial charge in [-0.25, -0.2) is 0 Å². The number of aromatic nitrogens is 2. The maximum absolute atomic E-state index is 9.46. The summed E-state index contributed by atoms with van der Waals surface area (Å²) in [5.74, 6) is 1.76. The second kappa shape index (κ2) is 10.9. The highest BCUT2D eigenvalue weighted by Gasteiger charge is 2.30. The van der Waals surface area contributed by atoms with Gasteiger partial charge in [-0.15, -0.1) is 0 Å². The molecule has 8 nitrogen and oxygen atoms in total. The SMILES string of the molecule is C=NCc1cc(-c2nc(-c3cccc4c3CCC4N(CCO)CCO)no2)ccc1OC(C)C. The molecule has 2 N–H and O–H groups in total. The predicted octanol–water partition coefficient (Wildman–Crippen LogP) is 3.67. The monoisotopic (exact) mass is 464 g/mol. The zero-order valence-corrected chi connectivity index (χ0v) is 19.8. The van der Waals surface area contributed by atoms with Crippen LogP contribution in [-0.4, -0.2) is 64.4 Å². The summed E-state index contributed by atoms with van der Waals surface area (Å²) in [6.07, 6.45) is 1.86. The van der Waals surface area contributed by atoms with Gasteiger partial charge in [0.2, 0.25) is 5.82 Å². The summed E-state index contributed by atoms with van der Waals surface area (Å²) in [6, 6.07) is 12.1. The Morgan fingerprint density at radius 2 is 2.00 bits per heavy atom. The number of fused-ring (bicyclic) bond motifs is 1. The fourth-order valence-corrected chi connectivity index (χ4v) is 4.68. The third-order valence-electron chi connectivity index (χ3n) is 6.07. The van der Waals surface area contributed by atoms with E-state index in [9.17, 15) is 10.2 Å². The highest BCUT2D eigenvalue weighted by atomic mass is 16.5. The van der Waals surface area contributed by atoms with Crippen LogP contribution < -0.4 is 4.74 Å². The molecule has 0 saturated heterocycles. The Bertz CT molecular complexity index is 1120. The molecular weight excluding hydrogens is 432 g/mol. The minimum absolute atomic E-state index is 0.0547. The van der Waals surface area contributed by atoms with E-state index < -0.39 is 0 Å². The lowest BCUT2D eigenvalue weighted by Gasteiger charge is -2.28. The number of benzene rings is 2. The molecule has 34 heavy (non-hydrogen) atoms. The topological polar surface area (TPSA) is 104 Å². The van der Waals surface area contributed by atoms with E-state index in [1.54, 1.807) is 0 Å². The normalized spacial score (nSPS) is 15.2. The van der Waals surface area contributed by atoms with E-state index in [-0.39, 0.29) is 25.4 Å². The first-order valence-corrected chi connectivity index (χ1v) is 11.7. The molecule has 4 rings (SSSR count). The average molecular weight is 465 g/mol. The number of aliphatic imine (C=N–C) groups is 1. The fourth-order valence-electron chi connectivity index (χ4n) is 4.68. The summed E-state index contributed by atoms with van der Waals surface area (Å²) in [4.78, 5) is 10.9. The van der Waals surface area contributed by atoms with Gasteiger partial charge in [0.05, 0.1) is 25.9 Å². The van der Waals surface area contributed by atoms with Crippen LogP contribution in [0.4, 0.5) is 0 Å². The molecule has 0 spiro atoms. The minimum Gasteiger partial charge on any atom is -0.491 e. The highest BCUT2D eigenvalue weighted by molar-refractivity contribution is 5.66. The van der Waals surface area contributed by atoms with Crippen molar-refractivity contribution in [3.8, 4) is 28.6 Å². The van der Waals surface area contributed by atoms with Crippen molar-refractivity contribution in [2.24, 2.45) is 4.99 Å². The van der Waals surface area contributed by atoms with Gasteiger partial charge in [-0.2, -0.15) is 4.98 Å². The van der Waals surface area contributed by atoms with Gasteiger partial charge in [-0.1, -0.05) is 23.4 Å². The molecule has 1 heterocycles. The number of aliphatic hydroxyl groups is 2. The molecule has 0 amide bonds. The van der Waals surface area contributed by atoms with Crippen LogP contribution in [0.3, 0.4) is 0 Å². The Morgan fingerprint density at radius 3 is 2.71 bits per heavy atom. The number of hydrogen-bond acceptors (Lipinski definition) is 8. The summed E-state index contributed by atoms with van der Waals surface area (Å²) >= 11 is 0. The molecule has 8 heteroatoms. The Balaban J connectivity index is 1.64. The maximum atomic E-state index is 9.46. The third kappa shape index (κ3) is 5.04. The average Bonchev–Trinajstić information content (AvgIpc) is 3.47. The molecule has 1 unspecified atom stereocenters. The first kappa shape index (κ1) is 24.1. The van der Waals surface area contributed by atoms with Gasteiger partial charge in [0.25, 0.3) is 5.89 Å². The van der Waals surface area contributed by atoms with Gasteiger partial charge in [-0.05, 0) is 62.7 Å². The smallest absolute Gasteiger partial charge is 0.258 e. The molecule has 0 aliphatic heterocycles. The summed E-state index contributed by atoms with van der Waals surface area (Å²) in [5.41, 5.74) is 5.06. The summed E-state index contributed by atoms with van der Waals surface area (Å²) in [7, 11) is 0. The molecule has 0 radical (unpaired) electrons. The van der Waals surface area contributed by atoms with Crippen molar-refractivity contribution in [1.82, 2.24) is 15.0 Å². The fraction of sp³-hybridized carbons (Fsp3) is 0.423. The molecule has 0 saturated carbocycles. The van der Waals surface area contributed by atoms with Gasteiger partial charge in [0.1, 0.15) is 5.75 Å². The first-order chi connectivity index (χ1) is 16.5. The second-order valence-electron chi connectivity index (χ2n) is 8.70. The van der Waals surface area contributed by atoms with E-state index in [1.807, 2.05) is 44.2 Å². The van der Waals surface area contributed by atoms with Gasteiger partial charge < -0.3 is 19.5 Å². The van der Waals surface area contributed by atoms with Crippen molar-refractivity contribution in [1.29, 1.82) is 0 Å². The lowest BCUT2D eigenvalue weighted by Crippen LogP contribution is -2.32. The molecule has 1 aliphatic carbocycles. The molecule has 0 fully saturated rings. The predicted molar refractivity (Wildman–Crippen MR) is 131 cm³/mol. The van der Waals surface area contributed by atoms with E-state index in [1.165, 1.54) is 11.1 Å². The lowest BCUT2D eigenvalue weighted by atomic mass is 10.0. The standard InChI is InChI=1S/C26H32N4O4/c1-17(2)33-24-10-7-18(15-19(24)16-27-3)26-28-25(29-34-26)22-6-4-5-21-20(22)8-9-23(21)30(11-13-31)12-14-32/h4-7,10,15,17,23,31-32H,3,8-9,11-14,16H2,1-2H3. The molecule has 180 valence electrons. The van der Waals surface area contributed by atoms with Crippen molar-refractivity contribution in [3.63, 3.8) is 0 Å². The zero-order chi connectivity index (χ0) is 24.1. The van der Waals surface area contributed by atoms with Crippen LogP contribution in [0.1, 0.15) is 43.0 Å². The summed E-state index contributed by atoms with van der Waals surface area (Å²) < 4.78 is 11.5. The van der Waals surface area contributed by atoms with Gasteiger partial charge in [0, 0.05) is 35.8 Å². The molecule has 1 aliphatic rings. The number of hydrogen-bond donors (Lipinski definition) is 2. The largest absolute Gasteiger partial charge is 0.491 e. The number of nitrogens with zero attached hydrogens (tertiary/aromatic N) is 4. The van der Waals surface area contributed by atoms with E-state index in [0.717, 1.165) is 35.3 Å². The number of ether oxygens (including phenoxy) is 1. The minimum atomic E-state index is 0.0547. The van der Waals surface area contributed by atoms with Crippen molar-refractivity contribution in [2.45, 2.75) is 45.4 Å². The summed E-state index contributed by atoms with van der Waals surface area (Å²) in [6.45, 7) is 9.19. The van der Waals surface area contributed by atoms with Crippen LogP contribution >= 0.6 is 0 Å². The molecule has 1 aromatic heterocycles. The number of rotatable bonds is 11. The first-order valence-electron chi connectivity index (χ1n) is 11.7. The highest BCUT2D eigenvalue weighted by Crippen LogP contribution is 2.40. The zero-order valence-electron chi connectivity index (χ0n) is 19.8. The van der Waals surface area contributed by atoms with E-state index >= 15 is 0 Å². The van der Waals surface area contributed by atoms with Crippen molar-refractivity contribution < 1.29 is 19.5 Å². The van der Waals surface area contributed by atoms with Crippen LogP contribution in [0.25, 0.3) is 22.8 Å². The number of aliphatic hydroxyl groups excluding tert-OH is 2. The van der Waals surface area contributed by atoms with Crippen LogP contribution in [0.15, 0.2) is 45.9 Å². The Morgan fingerprint density at radius 1 is 1.21 bits per heavy atom. The van der Waals surface area contributed by atoms with Gasteiger partial charge in [-0.3, -0.25) is 9.89 Å². The van der Waals surface area contributed by atoms with E-state index in [2.05, 4.69) is 27.8 Å². The van der Waals surface area contributed by atoms with Crippen molar-refractivity contribution >= 4 is 6.72 Å². The molecule has 1 atom stereocenters. The lowest BCUT2D eigenvalue weighted by molar-refractivity contribution is 0.121. The van der Waals surface area contributed by atoms with Crippen LogP contribution in [0.5, 0.6) is 5.75 Å². The van der Waals surface area contributed by atoms with Crippen molar-refractivity contribution in [2.75, 3.05) is 26.3 Å². The van der Waals surface area contributed by atoms with Crippen LogP contribution in [0.2, 0.25) is 0 Å². The third-order valence-corrected chi connectivity index (χ3v) is 6.07. The second-order valence-corrected chi connectivity index (χ2v) is 8.70. The van der Waals surface area contributed by atoms with Gasteiger partial charge in [0.15, 0.2) is 0 Å².